The Bertz CT molecular complexity index is 430. The fraction of sp³-hybridized carbons (Fsp3) is 0.154. The largest absolute Gasteiger partial charge is 0.399 e. The van der Waals surface area contributed by atoms with E-state index in [-0.39, 0.29) is 0 Å². The van der Waals surface area contributed by atoms with E-state index in [0.717, 1.165) is 12.0 Å². The summed E-state index contributed by atoms with van der Waals surface area (Å²) in [4.78, 5) is 4.70. The molecule has 15 heavy (non-hydrogen) atoms. The molecule has 2 heteroatoms. The molecule has 2 nitrogen and oxygen atoms in total. The molecule has 1 aromatic rings. The van der Waals surface area contributed by atoms with Crippen molar-refractivity contribution >= 4 is 11.8 Å². The minimum Gasteiger partial charge on any atom is -0.399 e. The van der Waals surface area contributed by atoms with Crippen molar-refractivity contribution < 1.29 is 4.84 Å². The Morgan fingerprint density at radius 1 is 1.33 bits per heavy atom. The van der Waals surface area contributed by atoms with E-state index in [1.807, 2.05) is 18.2 Å². The zero-order valence-electron chi connectivity index (χ0n) is 8.68. The molecular weight excluding hydrogens is 186 g/mol. The van der Waals surface area contributed by atoms with E-state index in [2.05, 4.69) is 29.5 Å². The zero-order valence-corrected chi connectivity index (χ0v) is 8.68. The van der Waals surface area contributed by atoms with E-state index in [1.54, 1.807) is 13.3 Å². The van der Waals surface area contributed by atoms with Crippen molar-refractivity contribution in [2.45, 2.75) is 6.42 Å². The molecule has 0 heterocycles. The van der Waals surface area contributed by atoms with Crippen molar-refractivity contribution in [2.75, 3.05) is 7.11 Å². The molecule has 0 radical (unpaired) electrons. The molecule has 76 valence electrons. The summed E-state index contributed by atoms with van der Waals surface area (Å²) in [7, 11) is 1.55. The summed E-state index contributed by atoms with van der Waals surface area (Å²) in [6.07, 6.45) is 9.12. The van der Waals surface area contributed by atoms with Crippen LogP contribution in [-0.2, 0) is 4.84 Å². The fourth-order valence-corrected chi connectivity index (χ4v) is 1.66. The van der Waals surface area contributed by atoms with Crippen LogP contribution in [0, 0.1) is 0 Å². The summed E-state index contributed by atoms with van der Waals surface area (Å²) in [5.41, 5.74) is 3.64. The summed E-state index contributed by atoms with van der Waals surface area (Å²) in [5, 5.41) is 3.80. The van der Waals surface area contributed by atoms with Crippen molar-refractivity contribution in [2.24, 2.45) is 5.16 Å². The van der Waals surface area contributed by atoms with Crippen LogP contribution >= 0.6 is 0 Å². The van der Waals surface area contributed by atoms with Gasteiger partial charge in [-0.3, -0.25) is 0 Å². The molecule has 0 amide bonds. The average Bonchev–Trinajstić information content (AvgIpc) is 2.80. The van der Waals surface area contributed by atoms with Gasteiger partial charge in [0.1, 0.15) is 7.11 Å². The van der Waals surface area contributed by atoms with Gasteiger partial charge in [-0.15, -0.1) is 0 Å². The van der Waals surface area contributed by atoms with Gasteiger partial charge in [-0.25, -0.2) is 0 Å². The van der Waals surface area contributed by atoms with Crippen LogP contribution in [0.4, 0.5) is 0 Å². The molecule has 1 aromatic carbocycles. The lowest BCUT2D eigenvalue weighted by atomic mass is 10.00. The molecule has 0 saturated carbocycles. The van der Waals surface area contributed by atoms with Gasteiger partial charge in [0, 0.05) is 5.56 Å². The van der Waals surface area contributed by atoms with Crippen molar-refractivity contribution in [3.63, 3.8) is 0 Å². The molecular formula is C13H13NO. The quantitative estimate of drug-likeness (QED) is 0.541. The molecule has 0 saturated heterocycles. The Labute approximate surface area is 89.6 Å². The number of nitrogens with zero attached hydrogens (tertiary/aromatic N) is 1. The number of hydrogen-bond acceptors (Lipinski definition) is 2. The summed E-state index contributed by atoms with van der Waals surface area (Å²) >= 11 is 0. The second kappa shape index (κ2) is 4.60. The van der Waals surface area contributed by atoms with E-state index in [1.165, 1.54) is 11.1 Å². The maximum atomic E-state index is 4.70. The minimum absolute atomic E-state index is 0.998. The standard InChI is InChI=1S/C13H13NO/c1-15-14-10-12-8-4-5-9-13(12)11-6-2-3-7-11/h2-6,8-10H,7H2,1H3. The van der Waals surface area contributed by atoms with Gasteiger partial charge in [0.25, 0.3) is 0 Å². The van der Waals surface area contributed by atoms with Crippen molar-refractivity contribution in [1.82, 2.24) is 0 Å². The van der Waals surface area contributed by atoms with Crippen LogP contribution < -0.4 is 0 Å². The Morgan fingerprint density at radius 2 is 2.20 bits per heavy atom. The number of benzene rings is 1. The van der Waals surface area contributed by atoms with E-state index < -0.39 is 0 Å². The first-order valence-corrected chi connectivity index (χ1v) is 4.93. The normalized spacial score (nSPS) is 14.6. The minimum atomic E-state index is 0.998. The van der Waals surface area contributed by atoms with Gasteiger partial charge >= 0.3 is 0 Å². The first kappa shape index (κ1) is 9.71. The van der Waals surface area contributed by atoms with Crippen LogP contribution in [0.3, 0.4) is 0 Å². The predicted molar refractivity (Wildman–Crippen MR) is 62.8 cm³/mol. The first-order chi connectivity index (χ1) is 7.42. The second-order valence-electron chi connectivity index (χ2n) is 3.33. The van der Waals surface area contributed by atoms with Crippen molar-refractivity contribution in [1.29, 1.82) is 0 Å². The molecule has 0 atom stereocenters. The third kappa shape index (κ3) is 2.15. The summed E-state index contributed by atoms with van der Waals surface area (Å²) in [6.45, 7) is 0. The lowest BCUT2D eigenvalue weighted by molar-refractivity contribution is 0.215. The fourth-order valence-electron chi connectivity index (χ4n) is 1.66. The highest BCUT2D eigenvalue weighted by molar-refractivity contribution is 5.89. The molecule has 0 aromatic heterocycles. The number of oxime groups is 1. The topological polar surface area (TPSA) is 21.6 Å². The predicted octanol–water partition coefficient (Wildman–Crippen LogP) is 3.01. The number of hydrogen-bond donors (Lipinski definition) is 0. The van der Waals surface area contributed by atoms with Crippen LogP contribution in [-0.4, -0.2) is 13.3 Å². The van der Waals surface area contributed by atoms with Gasteiger partial charge in [0.05, 0.1) is 6.21 Å². The average molecular weight is 199 g/mol. The third-order valence-corrected chi connectivity index (χ3v) is 2.38. The molecule has 1 aliphatic carbocycles. The van der Waals surface area contributed by atoms with Crippen molar-refractivity contribution in [3.8, 4) is 0 Å². The molecule has 0 N–H and O–H groups in total. The Hall–Kier alpha value is -1.83. The monoisotopic (exact) mass is 199 g/mol. The SMILES string of the molecule is CON=Cc1ccccc1C1=CC=CC1. The molecule has 2 rings (SSSR count). The maximum absolute atomic E-state index is 4.70. The van der Waals surface area contributed by atoms with Crippen LogP contribution in [0.5, 0.6) is 0 Å². The van der Waals surface area contributed by atoms with Gasteiger partial charge in [-0.1, -0.05) is 47.6 Å². The van der Waals surface area contributed by atoms with E-state index in [0.29, 0.717) is 0 Å². The van der Waals surface area contributed by atoms with E-state index in [9.17, 15) is 0 Å². The second-order valence-corrected chi connectivity index (χ2v) is 3.33. The smallest absolute Gasteiger partial charge is 0.106 e. The lowest BCUT2D eigenvalue weighted by Gasteiger charge is -2.05. The molecule has 0 aliphatic heterocycles. The molecule has 1 aliphatic rings. The van der Waals surface area contributed by atoms with Gasteiger partial charge in [0.15, 0.2) is 0 Å². The summed E-state index contributed by atoms with van der Waals surface area (Å²) < 4.78 is 0. The maximum Gasteiger partial charge on any atom is 0.106 e. The summed E-state index contributed by atoms with van der Waals surface area (Å²) in [5.74, 6) is 0. The van der Waals surface area contributed by atoms with Gasteiger partial charge in [-0.05, 0) is 17.6 Å². The summed E-state index contributed by atoms with van der Waals surface area (Å²) in [6, 6.07) is 8.19. The van der Waals surface area contributed by atoms with Gasteiger partial charge in [0.2, 0.25) is 0 Å². The molecule has 0 bridgehead atoms. The molecule has 0 unspecified atom stereocenters. The Morgan fingerprint density at radius 3 is 2.93 bits per heavy atom. The number of rotatable bonds is 3. The molecule has 0 fully saturated rings. The van der Waals surface area contributed by atoms with Crippen LogP contribution in [0.15, 0.2) is 47.6 Å². The zero-order chi connectivity index (χ0) is 10.5. The highest BCUT2D eigenvalue weighted by Crippen LogP contribution is 2.25. The third-order valence-electron chi connectivity index (χ3n) is 2.38. The Balaban J connectivity index is 2.33. The molecule has 0 spiro atoms. The van der Waals surface area contributed by atoms with Crippen molar-refractivity contribution in [3.05, 3.63) is 53.6 Å². The Kier molecular flexibility index (Phi) is 2.98. The van der Waals surface area contributed by atoms with Crippen LogP contribution in [0.25, 0.3) is 5.57 Å². The van der Waals surface area contributed by atoms with E-state index >= 15 is 0 Å². The van der Waals surface area contributed by atoms with Gasteiger partial charge < -0.3 is 4.84 Å². The van der Waals surface area contributed by atoms with E-state index in [4.69, 9.17) is 4.84 Å². The van der Waals surface area contributed by atoms with Gasteiger partial charge in [-0.2, -0.15) is 0 Å². The number of allylic oxidation sites excluding steroid dienone is 4. The highest BCUT2D eigenvalue weighted by Gasteiger charge is 2.06. The highest BCUT2D eigenvalue weighted by atomic mass is 16.6. The first-order valence-electron chi connectivity index (χ1n) is 4.93. The van der Waals surface area contributed by atoms with Crippen LogP contribution in [0.1, 0.15) is 17.5 Å². The lowest BCUT2D eigenvalue weighted by Crippen LogP contribution is -1.91. The van der Waals surface area contributed by atoms with Crippen LogP contribution in [0.2, 0.25) is 0 Å².